The van der Waals surface area contributed by atoms with E-state index in [9.17, 15) is 4.79 Å². The summed E-state index contributed by atoms with van der Waals surface area (Å²) in [7, 11) is 0. The highest BCUT2D eigenvalue weighted by Crippen LogP contribution is 2.11. The molecule has 0 unspecified atom stereocenters. The van der Waals surface area contributed by atoms with Crippen LogP contribution in [0.25, 0.3) is 0 Å². The lowest BCUT2D eigenvalue weighted by atomic mass is 10.1. The Bertz CT molecular complexity index is 188. The Kier molecular flexibility index (Phi) is 23.6. The lowest BCUT2D eigenvalue weighted by molar-refractivity contribution is -0.137. The van der Waals surface area contributed by atoms with Gasteiger partial charge in [-0.1, -0.05) is 104 Å². The van der Waals surface area contributed by atoms with Gasteiger partial charge in [-0.25, -0.2) is 0 Å². The zero-order chi connectivity index (χ0) is 16.2. The third-order valence-electron chi connectivity index (χ3n) is 3.70. The molecule has 0 fully saturated rings. The maximum atomic E-state index is 10.3. The fourth-order valence-electron chi connectivity index (χ4n) is 2.29. The van der Waals surface area contributed by atoms with Gasteiger partial charge in [0.1, 0.15) is 0 Å². The summed E-state index contributed by atoms with van der Waals surface area (Å²) in [6.45, 7) is 6.67. The summed E-state index contributed by atoms with van der Waals surface area (Å²) in [5.41, 5.74) is 0. The number of carboxylic acid groups (broad SMARTS) is 1. The summed E-state index contributed by atoms with van der Waals surface area (Å²) in [6, 6.07) is 0. The predicted octanol–water partition coefficient (Wildman–Crippen LogP) is 6.97. The molecule has 0 aromatic rings. The van der Waals surface area contributed by atoms with Gasteiger partial charge in [-0.3, -0.25) is 4.79 Å². The number of hydrogen-bond donors (Lipinski definition) is 1. The van der Waals surface area contributed by atoms with E-state index in [0.29, 0.717) is 6.42 Å². The van der Waals surface area contributed by atoms with Crippen LogP contribution in [0.3, 0.4) is 0 Å². The highest BCUT2D eigenvalue weighted by atomic mass is 16.4. The van der Waals surface area contributed by atoms with E-state index in [-0.39, 0.29) is 0 Å². The van der Waals surface area contributed by atoms with E-state index in [4.69, 9.17) is 5.11 Å². The Morgan fingerprint density at radius 3 is 1.19 bits per heavy atom. The van der Waals surface area contributed by atoms with Crippen LogP contribution >= 0.6 is 0 Å². The zero-order valence-corrected chi connectivity index (χ0v) is 15.0. The first-order valence-electron chi connectivity index (χ1n) is 9.40. The molecular weight excluding hydrogens is 260 g/mol. The van der Waals surface area contributed by atoms with Gasteiger partial charge in [0.05, 0.1) is 0 Å². The minimum absolute atomic E-state index is 0.344. The first-order valence-corrected chi connectivity index (χ1v) is 9.40. The molecule has 1 N–H and O–H groups in total. The van der Waals surface area contributed by atoms with E-state index in [1.54, 1.807) is 0 Å². The fourth-order valence-corrected chi connectivity index (χ4v) is 2.29. The van der Waals surface area contributed by atoms with Gasteiger partial charge in [0.25, 0.3) is 0 Å². The van der Waals surface area contributed by atoms with Crippen LogP contribution in [0.5, 0.6) is 0 Å². The van der Waals surface area contributed by atoms with Crippen LogP contribution in [0, 0.1) is 0 Å². The Morgan fingerprint density at radius 2 is 0.905 bits per heavy atom. The van der Waals surface area contributed by atoms with Crippen LogP contribution in [0.4, 0.5) is 0 Å². The fraction of sp³-hybridized carbons (Fsp3) is 0.947. The normalized spacial score (nSPS) is 10.0. The van der Waals surface area contributed by atoms with E-state index in [1.807, 2.05) is 0 Å². The van der Waals surface area contributed by atoms with E-state index in [2.05, 4.69) is 20.8 Å². The van der Waals surface area contributed by atoms with E-state index >= 15 is 0 Å². The van der Waals surface area contributed by atoms with Crippen molar-refractivity contribution in [3.63, 3.8) is 0 Å². The van der Waals surface area contributed by atoms with E-state index < -0.39 is 5.97 Å². The first-order chi connectivity index (χ1) is 10.2. The molecule has 0 aromatic heterocycles. The van der Waals surface area contributed by atoms with Gasteiger partial charge in [0.2, 0.25) is 0 Å². The molecule has 21 heavy (non-hydrogen) atoms. The third-order valence-corrected chi connectivity index (χ3v) is 3.70. The van der Waals surface area contributed by atoms with Crippen molar-refractivity contribution < 1.29 is 9.90 Å². The average Bonchev–Trinajstić information content (AvgIpc) is 2.46. The average molecular weight is 301 g/mol. The Balaban J connectivity index is 0. The highest BCUT2D eigenvalue weighted by Gasteiger charge is 1.96. The molecule has 2 heteroatoms. The largest absolute Gasteiger partial charge is 0.481 e. The molecule has 0 aliphatic rings. The molecule has 0 radical (unpaired) electrons. The van der Waals surface area contributed by atoms with Gasteiger partial charge in [-0.2, -0.15) is 0 Å². The molecule has 0 aliphatic carbocycles. The molecule has 0 atom stereocenters. The van der Waals surface area contributed by atoms with Crippen LogP contribution in [0.1, 0.15) is 117 Å². The van der Waals surface area contributed by atoms with Crippen molar-refractivity contribution in [2.45, 2.75) is 117 Å². The van der Waals surface area contributed by atoms with E-state index in [0.717, 1.165) is 12.8 Å². The summed E-state index contributed by atoms with van der Waals surface area (Å²) in [4.78, 5) is 10.3. The molecule has 0 aliphatic heterocycles. The lowest BCUT2D eigenvalue weighted by Gasteiger charge is -2.01. The van der Waals surface area contributed by atoms with Gasteiger partial charge in [-0.05, 0) is 6.42 Å². The molecule has 0 saturated carbocycles. The predicted molar refractivity (Wildman–Crippen MR) is 93.9 cm³/mol. The maximum Gasteiger partial charge on any atom is 0.303 e. The molecule has 0 rings (SSSR count). The van der Waals surface area contributed by atoms with Crippen LogP contribution in [0.2, 0.25) is 0 Å². The molecule has 0 spiro atoms. The van der Waals surface area contributed by atoms with Crippen molar-refractivity contribution in [1.82, 2.24) is 0 Å². The zero-order valence-electron chi connectivity index (χ0n) is 15.0. The number of unbranched alkanes of at least 4 members (excludes halogenated alkanes) is 12. The number of carboxylic acids is 1. The van der Waals surface area contributed by atoms with Crippen LogP contribution in [-0.4, -0.2) is 11.1 Å². The SMILES string of the molecule is CCCCC.CCCCCCCCCCCCCC(=O)O. The van der Waals surface area contributed by atoms with Crippen LogP contribution < -0.4 is 0 Å². The maximum absolute atomic E-state index is 10.3. The van der Waals surface area contributed by atoms with Gasteiger partial charge in [0.15, 0.2) is 0 Å². The Hall–Kier alpha value is -0.530. The highest BCUT2D eigenvalue weighted by molar-refractivity contribution is 5.66. The summed E-state index contributed by atoms with van der Waals surface area (Å²) in [5, 5.41) is 8.46. The van der Waals surface area contributed by atoms with E-state index in [1.165, 1.54) is 77.0 Å². The molecule has 0 bridgehead atoms. The Morgan fingerprint density at radius 1 is 0.571 bits per heavy atom. The second kappa shape index (κ2) is 21.8. The van der Waals surface area contributed by atoms with Crippen LogP contribution in [0.15, 0.2) is 0 Å². The minimum atomic E-state index is -0.657. The van der Waals surface area contributed by atoms with Gasteiger partial charge < -0.3 is 5.11 Å². The quantitative estimate of drug-likeness (QED) is 0.352. The number of rotatable bonds is 14. The summed E-state index contributed by atoms with van der Waals surface area (Å²) >= 11 is 0. The third kappa shape index (κ3) is 28.4. The van der Waals surface area contributed by atoms with Crippen molar-refractivity contribution in [1.29, 1.82) is 0 Å². The summed E-state index contributed by atoms with van der Waals surface area (Å²) in [6.07, 6.45) is 18.4. The van der Waals surface area contributed by atoms with Crippen molar-refractivity contribution >= 4 is 5.97 Å². The van der Waals surface area contributed by atoms with Crippen LogP contribution in [-0.2, 0) is 4.79 Å². The van der Waals surface area contributed by atoms with Crippen molar-refractivity contribution in [3.05, 3.63) is 0 Å². The second-order valence-electron chi connectivity index (χ2n) is 6.03. The van der Waals surface area contributed by atoms with Crippen molar-refractivity contribution in [2.24, 2.45) is 0 Å². The second-order valence-corrected chi connectivity index (χ2v) is 6.03. The summed E-state index contributed by atoms with van der Waals surface area (Å²) < 4.78 is 0. The van der Waals surface area contributed by atoms with Crippen molar-refractivity contribution in [2.75, 3.05) is 0 Å². The molecular formula is C19H40O2. The summed E-state index contributed by atoms with van der Waals surface area (Å²) in [5.74, 6) is -0.657. The minimum Gasteiger partial charge on any atom is -0.481 e. The molecule has 0 amide bonds. The Labute approximate surface area is 133 Å². The number of aliphatic carboxylic acids is 1. The smallest absolute Gasteiger partial charge is 0.303 e. The number of carbonyl (C=O) groups is 1. The first kappa shape index (κ1) is 22.7. The standard InChI is InChI=1S/C14H28O2.C5H12/c1-2-3-4-5-6-7-8-9-10-11-12-13-14(15)16;1-3-5-4-2/h2-13H2,1H3,(H,15,16);3-5H2,1-2H3. The van der Waals surface area contributed by atoms with Gasteiger partial charge in [-0.15, -0.1) is 0 Å². The van der Waals surface area contributed by atoms with Crippen molar-refractivity contribution in [3.8, 4) is 0 Å². The molecule has 2 nitrogen and oxygen atoms in total. The molecule has 0 saturated heterocycles. The number of hydrogen-bond acceptors (Lipinski definition) is 1. The van der Waals surface area contributed by atoms with Gasteiger partial charge in [0, 0.05) is 6.42 Å². The lowest BCUT2D eigenvalue weighted by Crippen LogP contribution is -1.93. The topological polar surface area (TPSA) is 37.3 Å². The molecule has 0 aromatic carbocycles. The van der Waals surface area contributed by atoms with Gasteiger partial charge >= 0.3 is 5.97 Å². The molecule has 0 heterocycles. The molecule has 128 valence electrons. The monoisotopic (exact) mass is 300 g/mol.